The van der Waals surface area contributed by atoms with E-state index in [1.165, 1.54) is 11.5 Å². The van der Waals surface area contributed by atoms with E-state index in [-0.39, 0.29) is 22.2 Å². The van der Waals surface area contributed by atoms with Crippen LogP contribution in [0.3, 0.4) is 0 Å². The molecule has 0 aliphatic carbocycles. The van der Waals surface area contributed by atoms with Crippen LogP contribution in [0.15, 0.2) is 29.1 Å². The van der Waals surface area contributed by atoms with Gasteiger partial charge in [0.1, 0.15) is 11.5 Å². The van der Waals surface area contributed by atoms with Crippen LogP contribution in [0.4, 0.5) is 11.5 Å². The zero-order valence-electron chi connectivity index (χ0n) is 11.3. The van der Waals surface area contributed by atoms with E-state index in [4.69, 9.17) is 23.7 Å². The summed E-state index contributed by atoms with van der Waals surface area (Å²) in [6.07, 6.45) is 0. The van der Waals surface area contributed by atoms with Crippen LogP contribution < -0.4 is 22.3 Å². The Morgan fingerprint density at radius 2 is 1.95 bits per heavy atom. The second-order valence-corrected chi connectivity index (χ2v) is 4.86. The van der Waals surface area contributed by atoms with Crippen LogP contribution in [0.2, 0.25) is 0 Å². The molecular formula is C13H15N5O2S. The minimum atomic E-state index is -0.467. The smallest absolute Gasteiger partial charge is 0.284 e. The fraction of sp³-hybridized carbons (Fsp3) is 0.154. The standard InChI is InChI=1S/C13H15N5O2S/c1-7(19)16-6-8-2-4-9(5-3-8)18-12(20)10(14)11(15)17-13(18)21/h2-5H,6,14-15H2,1H3,(H,16,19)(H,17,21). The second-order valence-electron chi connectivity index (χ2n) is 4.47. The highest BCUT2D eigenvalue weighted by atomic mass is 32.1. The van der Waals surface area contributed by atoms with E-state index in [9.17, 15) is 9.59 Å². The lowest BCUT2D eigenvalue weighted by Gasteiger charge is -2.10. The number of aromatic nitrogens is 2. The number of nitrogens with two attached hydrogens (primary N) is 2. The van der Waals surface area contributed by atoms with Gasteiger partial charge >= 0.3 is 0 Å². The third-order valence-electron chi connectivity index (χ3n) is 2.90. The maximum atomic E-state index is 12.1. The van der Waals surface area contributed by atoms with Gasteiger partial charge in [-0.3, -0.25) is 14.2 Å². The molecular weight excluding hydrogens is 290 g/mol. The van der Waals surface area contributed by atoms with Gasteiger partial charge < -0.3 is 21.8 Å². The summed E-state index contributed by atoms with van der Waals surface area (Å²) in [5.74, 6) is -0.0485. The Labute approximate surface area is 125 Å². The van der Waals surface area contributed by atoms with Gasteiger partial charge in [0.15, 0.2) is 4.77 Å². The Morgan fingerprint density at radius 3 is 2.52 bits per heavy atom. The normalized spacial score (nSPS) is 10.3. The largest absolute Gasteiger partial charge is 0.391 e. The number of hydrogen-bond donors (Lipinski definition) is 4. The van der Waals surface area contributed by atoms with Crippen molar-refractivity contribution >= 4 is 29.6 Å². The highest BCUT2D eigenvalue weighted by Gasteiger charge is 2.08. The predicted octanol–water partition coefficient (Wildman–Crippen LogP) is 0.696. The Morgan fingerprint density at radius 1 is 1.33 bits per heavy atom. The number of anilines is 2. The minimum Gasteiger partial charge on any atom is -0.391 e. The van der Waals surface area contributed by atoms with Crippen molar-refractivity contribution in [3.05, 3.63) is 45.0 Å². The number of nitrogens with zero attached hydrogens (tertiary/aromatic N) is 1. The number of amides is 1. The maximum absolute atomic E-state index is 12.1. The van der Waals surface area contributed by atoms with Crippen molar-refractivity contribution in [1.82, 2.24) is 14.9 Å². The van der Waals surface area contributed by atoms with Crippen LogP contribution in [0, 0.1) is 4.77 Å². The molecule has 2 aromatic rings. The number of rotatable bonds is 3. The molecule has 0 aliphatic rings. The first-order valence-corrected chi connectivity index (χ1v) is 6.55. The number of benzene rings is 1. The molecule has 0 spiro atoms. The topological polar surface area (TPSA) is 119 Å². The molecule has 0 bridgehead atoms. The lowest BCUT2D eigenvalue weighted by Crippen LogP contribution is -2.25. The van der Waals surface area contributed by atoms with Crippen molar-refractivity contribution in [3.63, 3.8) is 0 Å². The van der Waals surface area contributed by atoms with Crippen LogP contribution in [0.5, 0.6) is 0 Å². The summed E-state index contributed by atoms with van der Waals surface area (Å²) in [6, 6.07) is 7.02. The van der Waals surface area contributed by atoms with Crippen LogP contribution >= 0.6 is 12.2 Å². The molecule has 1 aromatic carbocycles. The number of hydrogen-bond acceptors (Lipinski definition) is 5. The SMILES string of the molecule is CC(=O)NCc1ccc(-n2c(=S)[nH]c(N)c(N)c2=O)cc1. The van der Waals surface area contributed by atoms with Gasteiger partial charge in [0, 0.05) is 13.5 Å². The Balaban J connectivity index is 2.40. The summed E-state index contributed by atoms with van der Waals surface area (Å²) in [7, 11) is 0. The van der Waals surface area contributed by atoms with Gasteiger partial charge in [-0.1, -0.05) is 12.1 Å². The van der Waals surface area contributed by atoms with E-state index in [1.807, 2.05) is 0 Å². The molecule has 0 saturated heterocycles. The third-order valence-corrected chi connectivity index (χ3v) is 3.19. The number of nitrogens with one attached hydrogen (secondary N) is 2. The zero-order chi connectivity index (χ0) is 15.6. The maximum Gasteiger partial charge on any atom is 0.284 e. The molecule has 0 saturated carbocycles. The van der Waals surface area contributed by atoms with Crippen LogP contribution in [0.25, 0.3) is 5.69 Å². The molecule has 7 nitrogen and oxygen atoms in total. The summed E-state index contributed by atoms with van der Waals surface area (Å²) in [6.45, 7) is 1.87. The summed E-state index contributed by atoms with van der Waals surface area (Å²) < 4.78 is 1.43. The number of H-pyrrole nitrogens is 1. The summed E-state index contributed by atoms with van der Waals surface area (Å²) in [5.41, 5.74) is 12.1. The predicted molar refractivity (Wildman–Crippen MR) is 83.6 cm³/mol. The van der Waals surface area contributed by atoms with E-state index < -0.39 is 5.56 Å². The molecule has 2 rings (SSSR count). The lowest BCUT2D eigenvalue weighted by atomic mass is 10.2. The molecule has 21 heavy (non-hydrogen) atoms. The molecule has 1 amide bonds. The van der Waals surface area contributed by atoms with E-state index in [0.29, 0.717) is 12.2 Å². The number of carbonyl (C=O) groups excluding carboxylic acids is 1. The Kier molecular flexibility index (Phi) is 4.08. The monoisotopic (exact) mass is 305 g/mol. The molecule has 0 atom stereocenters. The van der Waals surface area contributed by atoms with Crippen molar-refractivity contribution in [1.29, 1.82) is 0 Å². The number of aromatic amines is 1. The quantitative estimate of drug-likeness (QED) is 0.622. The third kappa shape index (κ3) is 3.11. The average Bonchev–Trinajstić information content (AvgIpc) is 2.44. The molecule has 1 aromatic heterocycles. The van der Waals surface area contributed by atoms with Crippen molar-refractivity contribution in [2.24, 2.45) is 0 Å². The summed E-state index contributed by atoms with van der Waals surface area (Å²) in [4.78, 5) is 25.7. The summed E-state index contributed by atoms with van der Waals surface area (Å²) in [5, 5.41) is 2.69. The lowest BCUT2D eigenvalue weighted by molar-refractivity contribution is -0.119. The van der Waals surface area contributed by atoms with Gasteiger partial charge in [-0.05, 0) is 29.9 Å². The van der Waals surface area contributed by atoms with Crippen molar-refractivity contribution in [3.8, 4) is 5.69 Å². The molecule has 1 heterocycles. The molecule has 0 aliphatic heterocycles. The van der Waals surface area contributed by atoms with E-state index in [0.717, 1.165) is 5.56 Å². The summed E-state index contributed by atoms with van der Waals surface area (Å²) >= 11 is 5.10. The highest BCUT2D eigenvalue weighted by molar-refractivity contribution is 7.71. The van der Waals surface area contributed by atoms with Gasteiger partial charge in [0.25, 0.3) is 5.56 Å². The van der Waals surface area contributed by atoms with Crippen LogP contribution in [-0.2, 0) is 11.3 Å². The molecule has 110 valence electrons. The van der Waals surface area contributed by atoms with Gasteiger partial charge in [0.2, 0.25) is 5.91 Å². The average molecular weight is 305 g/mol. The van der Waals surface area contributed by atoms with Crippen LogP contribution in [-0.4, -0.2) is 15.5 Å². The highest BCUT2D eigenvalue weighted by Crippen LogP contribution is 2.11. The second kappa shape index (κ2) is 5.80. The van der Waals surface area contributed by atoms with Gasteiger partial charge in [-0.2, -0.15) is 0 Å². The minimum absolute atomic E-state index is 0.0588. The fourth-order valence-electron chi connectivity index (χ4n) is 1.79. The molecule has 6 N–H and O–H groups in total. The van der Waals surface area contributed by atoms with Crippen LogP contribution in [0.1, 0.15) is 12.5 Å². The van der Waals surface area contributed by atoms with E-state index in [1.54, 1.807) is 24.3 Å². The molecule has 8 heteroatoms. The van der Waals surface area contributed by atoms with Crippen molar-refractivity contribution < 1.29 is 4.79 Å². The zero-order valence-corrected chi connectivity index (χ0v) is 12.2. The fourth-order valence-corrected chi connectivity index (χ4v) is 2.09. The molecule has 0 radical (unpaired) electrons. The van der Waals surface area contributed by atoms with E-state index >= 15 is 0 Å². The van der Waals surface area contributed by atoms with Gasteiger partial charge in [-0.15, -0.1) is 0 Å². The van der Waals surface area contributed by atoms with Crippen molar-refractivity contribution in [2.75, 3.05) is 11.5 Å². The first-order chi connectivity index (χ1) is 9.90. The van der Waals surface area contributed by atoms with Crippen molar-refractivity contribution in [2.45, 2.75) is 13.5 Å². The number of nitrogen functional groups attached to an aromatic ring is 2. The van der Waals surface area contributed by atoms with Gasteiger partial charge in [-0.25, -0.2) is 0 Å². The first kappa shape index (κ1) is 14.8. The molecule has 0 unspecified atom stereocenters. The Hall–Kier alpha value is -2.61. The van der Waals surface area contributed by atoms with Gasteiger partial charge in [0.05, 0.1) is 5.69 Å². The number of carbonyl (C=O) groups is 1. The first-order valence-electron chi connectivity index (χ1n) is 6.14. The molecule has 0 fully saturated rings. The Bertz CT molecular complexity index is 792. The van der Waals surface area contributed by atoms with E-state index in [2.05, 4.69) is 10.3 Å².